The Morgan fingerprint density at radius 3 is 2.29 bits per heavy atom. The van der Waals surface area contributed by atoms with Crippen molar-refractivity contribution in [1.82, 2.24) is 10.2 Å². The number of nitrogens with zero attached hydrogens (tertiary/aromatic N) is 2. The molecule has 0 radical (unpaired) electrons. The van der Waals surface area contributed by atoms with Gasteiger partial charge in [-0.1, -0.05) is 29.8 Å². The summed E-state index contributed by atoms with van der Waals surface area (Å²) in [5.74, 6) is 0.196. The van der Waals surface area contributed by atoms with E-state index in [-0.39, 0.29) is 37.4 Å². The zero-order valence-corrected chi connectivity index (χ0v) is 22.3. The lowest BCUT2D eigenvalue weighted by Gasteiger charge is -2.30. The molecule has 8 nitrogen and oxygen atoms in total. The van der Waals surface area contributed by atoms with Crippen molar-refractivity contribution in [3.8, 4) is 5.75 Å². The molecule has 0 spiro atoms. The molecule has 0 bridgehead atoms. The van der Waals surface area contributed by atoms with Crippen LogP contribution in [0.3, 0.4) is 0 Å². The van der Waals surface area contributed by atoms with Gasteiger partial charge < -0.3 is 15.0 Å². The SMILES string of the molecule is COc1cccc(CN(C(=O)CCCN(c2ccc(C)cc2)S(C)(=O)=O)[C@@H](C)C(=O)NC(C)C)c1. The maximum atomic E-state index is 13.3. The standard InChI is InChI=1S/C26H37N3O5S/c1-19(2)27-26(31)21(4)28(18-22-9-7-10-24(17-22)34-5)25(30)11-8-16-29(35(6,32)33)23-14-12-20(3)13-15-23/h7,9-10,12-15,17,19,21H,8,11,16,18H2,1-6H3,(H,27,31)/t21-/m0/s1. The molecule has 0 aliphatic carbocycles. The third-order valence-electron chi connectivity index (χ3n) is 5.56. The Morgan fingerprint density at radius 2 is 1.71 bits per heavy atom. The number of carbonyl (C=O) groups excluding carboxylic acids is 2. The smallest absolute Gasteiger partial charge is 0.242 e. The van der Waals surface area contributed by atoms with Gasteiger partial charge in [0.1, 0.15) is 11.8 Å². The van der Waals surface area contributed by atoms with Gasteiger partial charge in [0.15, 0.2) is 0 Å². The molecule has 0 fully saturated rings. The zero-order valence-electron chi connectivity index (χ0n) is 21.4. The normalized spacial score (nSPS) is 12.2. The van der Waals surface area contributed by atoms with Crippen molar-refractivity contribution in [2.75, 3.05) is 24.2 Å². The lowest BCUT2D eigenvalue weighted by atomic mass is 10.1. The fourth-order valence-electron chi connectivity index (χ4n) is 3.67. The maximum Gasteiger partial charge on any atom is 0.242 e. The molecule has 2 aromatic rings. The van der Waals surface area contributed by atoms with E-state index >= 15 is 0 Å². The molecule has 192 valence electrons. The number of hydrogen-bond donors (Lipinski definition) is 1. The first-order valence-electron chi connectivity index (χ1n) is 11.7. The van der Waals surface area contributed by atoms with Gasteiger partial charge in [-0.15, -0.1) is 0 Å². The molecule has 0 heterocycles. The molecular weight excluding hydrogens is 466 g/mol. The number of methoxy groups -OCH3 is 1. The molecule has 35 heavy (non-hydrogen) atoms. The highest BCUT2D eigenvalue weighted by atomic mass is 32.2. The number of nitrogens with one attached hydrogen (secondary N) is 1. The molecule has 1 atom stereocenters. The van der Waals surface area contributed by atoms with Gasteiger partial charge in [-0.05, 0) is 63.9 Å². The minimum Gasteiger partial charge on any atom is -0.497 e. The van der Waals surface area contributed by atoms with Gasteiger partial charge in [-0.25, -0.2) is 8.42 Å². The second-order valence-electron chi connectivity index (χ2n) is 8.99. The van der Waals surface area contributed by atoms with Crippen LogP contribution in [0.4, 0.5) is 5.69 Å². The summed E-state index contributed by atoms with van der Waals surface area (Å²) >= 11 is 0. The van der Waals surface area contributed by atoms with Crippen LogP contribution in [0.1, 0.15) is 44.7 Å². The Bertz CT molecular complexity index is 1100. The average Bonchev–Trinajstić information content (AvgIpc) is 2.79. The molecule has 2 aromatic carbocycles. The summed E-state index contributed by atoms with van der Waals surface area (Å²) in [6.45, 7) is 7.75. The largest absolute Gasteiger partial charge is 0.497 e. The molecule has 0 aliphatic heterocycles. The molecule has 0 saturated carbocycles. The predicted molar refractivity (Wildman–Crippen MR) is 139 cm³/mol. The number of anilines is 1. The number of aryl methyl sites for hydroxylation is 1. The molecule has 0 aliphatic rings. The first-order chi connectivity index (χ1) is 16.4. The summed E-state index contributed by atoms with van der Waals surface area (Å²) in [7, 11) is -1.95. The van der Waals surface area contributed by atoms with Crippen LogP contribution in [-0.2, 0) is 26.2 Å². The third-order valence-corrected chi connectivity index (χ3v) is 6.75. The van der Waals surface area contributed by atoms with E-state index < -0.39 is 16.1 Å². The van der Waals surface area contributed by atoms with Crippen molar-refractivity contribution in [3.05, 3.63) is 59.7 Å². The van der Waals surface area contributed by atoms with E-state index in [0.29, 0.717) is 17.9 Å². The lowest BCUT2D eigenvalue weighted by molar-refractivity contribution is -0.140. The van der Waals surface area contributed by atoms with Gasteiger partial charge >= 0.3 is 0 Å². The number of ether oxygens (including phenoxy) is 1. The number of sulfonamides is 1. The predicted octanol–water partition coefficient (Wildman–Crippen LogP) is 3.49. The average molecular weight is 504 g/mol. The number of amides is 2. The van der Waals surface area contributed by atoms with Crippen LogP contribution in [0.15, 0.2) is 48.5 Å². The van der Waals surface area contributed by atoms with E-state index in [4.69, 9.17) is 4.74 Å². The van der Waals surface area contributed by atoms with Gasteiger partial charge in [0.05, 0.1) is 19.1 Å². The van der Waals surface area contributed by atoms with Gasteiger partial charge in [-0.3, -0.25) is 13.9 Å². The number of hydrogen-bond acceptors (Lipinski definition) is 5. The highest BCUT2D eigenvalue weighted by Gasteiger charge is 2.27. The highest BCUT2D eigenvalue weighted by molar-refractivity contribution is 7.92. The van der Waals surface area contributed by atoms with E-state index in [0.717, 1.165) is 17.4 Å². The van der Waals surface area contributed by atoms with Crippen LogP contribution in [0.5, 0.6) is 5.75 Å². The number of rotatable bonds is 12. The third kappa shape index (κ3) is 8.58. The van der Waals surface area contributed by atoms with Crippen molar-refractivity contribution in [1.29, 1.82) is 0 Å². The Balaban J connectivity index is 2.18. The second kappa shape index (κ2) is 12.6. The second-order valence-corrected chi connectivity index (χ2v) is 10.9. The minimum atomic E-state index is -3.52. The van der Waals surface area contributed by atoms with Crippen LogP contribution < -0.4 is 14.4 Å². The summed E-state index contributed by atoms with van der Waals surface area (Å²) in [5, 5.41) is 2.86. The molecule has 9 heteroatoms. The summed E-state index contributed by atoms with van der Waals surface area (Å²) in [4.78, 5) is 27.5. The molecule has 0 saturated heterocycles. The number of benzene rings is 2. The molecule has 2 amide bonds. The van der Waals surface area contributed by atoms with Crippen LogP contribution in [0.2, 0.25) is 0 Å². The van der Waals surface area contributed by atoms with Gasteiger partial charge in [0.25, 0.3) is 0 Å². The fraction of sp³-hybridized carbons (Fsp3) is 0.462. The first kappa shape index (κ1) is 28.2. The molecule has 2 rings (SSSR count). The van der Waals surface area contributed by atoms with Crippen molar-refractivity contribution in [2.45, 2.75) is 59.2 Å². The van der Waals surface area contributed by atoms with Crippen LogP contribution in [0.25, 0.3) is 0 Å². The van der Waals surface area contributed by atoms with Gasteiger partial charge in [0, 0.05) is 25.6 Å². The van der Waals surface area contributed by atoms with Crippen molar-refractivity contribution >= 4 is 27.5 Å². The summed E-state index contributed by atoms with van der Waals surface area (Å²) < 4.78 is 31.4. The van der Waals surface area contributed by atoms with Gasteiger partial charge in [-0.2, -0.15) is 0 Å². The van der Waals surface area contributed by atoms with E-state index in [1.807, 2.05) is 57.2 Å². The monoisotopic (exact) mass is 503 g/mol. The van der Waals surface area contributed by atoms with E-state index in [9.17, 15) is 18.0 Å². The Kier molecular flexibility index (Phi) is 10.1. The minimum absolute atomic E-state index is 0.0588. The van der Waals surface area contributed by atoms with Crippen molar-refractivity contribution in [3.63, 3.8) is 0 Å². The lowest BCUT2D eigenvalue weighted by Crippen LogP contribution is -2.49. The van der Waals surface area contributed by atoms with E-state index in [1.165, 1.54) is 9.21 Å². The first-order valence-corrected chi connectivity index (χ1v) is 13.5. The van der Waals surface area contributed by atoms with Crippen LogP contribution in [0, 0.1) is 6.92 Å². The van der Waals surface area contributed by atoms with Crippen molar-refractivity contribution in [2.24, 2.45) is 0 Å². The van der Waals surface area contributed by atoms with Crippen LogP contribution in [-0.4, -0.2) is 57.1 Å². The zero-order chi connectivity index (χ0) is 26.2. The summed E-state index contributed by atoms with van der Waals surface area (Å²) in [5.41, 5.74) is 2.42. The molecule has 0 aromatic heterocycles. The Morgan fingerprint density at radius 1 is 1.06 bits per heavy atom. The van der Waals surface area contributed by atoms with E-state index in [1.54, 1.807) is 26.2 Å². The van der Waals surface area contributed by atoms with Gasteiger partial charge in [0.2, 0.25) is 21.8 Å². The molecular formula is C26H37N3O5S. The Labute approximate surface area is 209 Å². The van der Waals surface area contributed by atoms with Crippen molar-refractivity contribution < 1.29 is 22.7 Å². The quantitative estimate of drug-likeness (QED) is 0.478. The molecule has 1 N–H and O–H groups in total. The highest BCUT2D eigenvalue weighted by Crippen LogP contribution is 2.20. The van der Waals surface area contributed by atoms with Crippen LogP contribution >= 0.6 is 0 Å². The topological polar surface area (TPSA) is 96.0 Å². The molecule has 0 unspecified atom stereocenters. The van der Waals surface area contributed by atoms with E-state index in [2.05, 4.69) is 5.32 Å². The Hall–Kier alpha value is -3.07. The maximum absolute atomic E-state index is 13.3. The summed E-state index contributed by atoms with van der Waals surface area (Å²) in [6, 6.07) is 13.8. The summed E-state index contributed by atoms with van der Waals surface area (Å²) in [6.07, 6.45) is 1.57. The fourth-order valence-corrected chi connectivity index (χ4v) is 4.64. The number of carbonyl (C=O) groups is 2.